The highest BCUT2D eigenvalue weighted by Gasteiger charge is 2.12. The number of esters is 1. The third kappa shape index (κ3) is 10.7. The van der Waals surface area contributed by atoms with Gasteiger partial charge in [0.15, 0.2) is 0 Å². The summed E-state index contributed by atoms with van der Waals surface area (Å²) in [4.78, 5) is 13.1. The SMILES string of the molecule is CCCCCCCCCCC(CC)OC(=O)CSc1ccccc1. The highest BCUT2D eigenvalue weighted by molar-refractivity contribution is 8.00. The molecule has 24 heavy (non-hydrogen) atoms. The summed E-state index contributed by atoms with van der Waals surface area (Å²) in [5, 5.41) is 0. The van der Waals surface area contributed by atoms with Crippen LogP contribution < -0.4 is 0 Å². The van der Waals surface area contributed by atoms with Gasteiger partial charge in [0.2, 0.25) is 0 Å². The average molecular weight is 351 g/mol. The van der Waals surface area contributed by atoms with E-state index >= 15 is 0 Å². The lowest BCUT2D eigenvalue weighted by atomic mass is 10.0. The molecule has 0 fully saturated rings. The van der Waals surface area contributed by atoms with Crippen molar-refractivity contribution in [1.29, 1.82) is 0 Å². The standard InChI is InChI=1S/C21H34O2S/c1-3-5-6-7-8-9-10-12-15-19(4-2)23-21(22)18-24-20-16-13-11-14-17-20/h11,13-14,16-17,19H,3-10,12,15,18H2,1-2H3. The van der Waals surface area contributed by atoms with Gasteiger partial charge in [0.25, 0.3) is 0 Å². The van der Waals surface area contributed by atoms with Crippen LogP contribution >= 0.6 is 11.8 Å². The summed E-state index contributed by atoms with van der Waals surface area (Å²) < 4.78 is 5.62. The summed E-state index contributed by atoms with van der Waals surface area (Å²) in [6.45, 7) is 4.36. The van der Waals surface area contributed by atoms with E-state index in [2.05, 4.69) is 13.8 Å². The van der Waals surface area contributed by atoms with Crippen LogP contribution in [-0.2, 0) is 9.53 Å². The number of carbonyl (C=O) groups is 1. The van der Waals surface area contributed by atoms with Crippen LogP contribution in [-0.4, -0.2) is 17.8 Å². The number of benzene rings is 1. The molecular formula is C21H34O2S. The van der Waals surface area contributed by atoms with Crippen molar-refractivity contribution < 1.29 is 9.53 Å². The zero-order valence-corrected chi connectivity index (χ0v) is 16.3. The van der Waals surface area contributed by atoms with E-state index in [4.69, 9.17) is 4.74 Å². The highest BCUT2D eigenvalue weighted by Crippen LogP contribution is 2.18. The molecule has 0 aliphatic carbocycles. The number of thioether (sulfide) groups is 1. The highest BCUT2D eigenvalue weighted by atomic mass is 32.2. The van der Waals surface area contributed by atoms with Gasteiger partial charge >= 0.3 is 5.97 Å². The molecule has 136 valence electrons. The van der Waals surface area contributed by atoms with Crippen molar-refractivity contribution in [2.75, 3.05) is 5.75 Å². The second kappa shape index (κ2) is 14.4. The molecule has 3 heteroatoms. The Morgan fingerprint density at radius 3 is 2.21 bits per heavy atom. The van der Waals surface area contributed by atoms with Gasteiger partial charge in [0, 0.05) is 4.90 Å². The third-order valence-corrected chi connectivity index (χ3v) is 5.22. The predicted molar refractivity (Wildman–Crippen MR) is 105 cm³/mol. The quantitative estimate of drug-likeness (QED) is 0.214. The van der Waals surface area contributed by atoms with Crippen LogP contribution in [0.3, 0.4) is 0 Å². The molecule has 1 aromatic carbocycles. The van der Waals surface area contributed by atoms with E-state index in [0.29, 0.717) is 5.75 Å². The fourth-order valence-corrected chi connectivity index (χ4v) is 3.43. The van der Waals surface area contributed by atoms with Crippen LogP contribution in [0.4, 0.5) is 0 Å². The number of ether oxygens (including phenoxy) is 1. The number of carbonyl (C=O) groups excluding carboxylic acids is 1. The van der Waals surface area contributed by atoms with Crippen molar-refractivity contribution in [3.05, 3.63) is 30.3 Å². The van der Waals surface area contributed by atoms with Crippen LogP contribution in [0.1, 0.15) is 78.1 Å². The predicted octanol–water partition coefficient (Wildman–Crippen LogP) is 6.63. The number of unbranched alkanes of at least 4 members (excludes halogenated alkanes) is 7. The molecule has 0 radical (unpaired) electrons. The van der Waals surface area contributed by atoms with E-state index in [1.165, 1.54) is 51.4 Å². The molecule has 1 atom stereocenters. The maximum absolute atomic E-state index is 12.0. The fourth-order valence-electron chi connectivity index (χ4n) is 2.73. The Morgan fingerprint density at radius 2 is 1.58 bits per heavy atom. The van der Waals surface area contributed by atoms with Crippen molar-refractivity contribution in [2.24, 2.45) is 0 Å². The minimum Gasteiger partial charge on any atom is -0.462 e. The second-order valence-electron chi connectivity index (χ2n) is 6.39. The van der Waals surface area contributed by atoms with Crippen LogP contribution in [0.25, 0.3) is 0 Å². The van der Waals surface area contributed by atoms with Gasteiger partial charge in [-0.1, -0.05) is 77.0 Å². The van der Waals surface area contributed by atoms with Gasteiger partial charge in [0.05, 0.1) is 5.75 Å². The normalized spacial score (nSPS) is 12.1. The molecule has 0 aliphatic rings. The van der Waals surface area contributed by atoms with Crippen LogP contribution in [0.2, 0.25) is 0 Å². The van der Waals surface area contributed by atoms with Crippen molar-refractivity contribution in [3.8, 4) is 0 Å². The first-order chi connectivity index (χ1) is 11.8. The Morgan fingerprint density at radius 1 is 0.958 bits per heavy atom. The van der Waals surface area contributed by atoms with Gasteiger partial charge in [-0.15, -0.1) is 11.8 Å². The first-order valence-corrected chi connectivity index (χ1v) is 10.6. The maximum Gasteiger partial charge on any atom is 0.316 e. The summed E-state index contributed by atoms with van der Waals surface area (Å²) in [5.41, 5.74) is 0. The molecule has 1 aromatic rings. The van der Waals surface area contributed by atoms with E-state index in [9.17, 15) is 4.79 Å². The molecule has 0 spiro atoms. The minimum atomic E-state index is -0.0877. The van der Waals surface area contributed by atoms with Crippen molar-refractivity contribution in [2.45, 2.75) is 89.1 Å². The molecular weight excluding hydrogens is 316 g/mol. The zero-order valence-electron chi connectivity index (χ0n) is 15.5. The summed E-state index contributed by atoms with van der Waals surface area (Å²) in [5.74, 6) is 0.313. The van der Waals surface area contributed by atoms with Crippen LogP contribution in [0, 0.1) is 0 Å². The molecule has 1 unspecified atom stereocenters. The Hall–Kier alpha value is -0.960. The monoisotopic (exact) mass is 350 g/mol. The van der Waals surface area contributed by atoms with Crippen molar-refractivity contribution >= 4 is 17.7 Å². The smallest absolute Gasteiger partial charge is 0.316 e. The van der Waals surface area contributed by atoms with E-state index in [0.717, 1.165) is 17.7 Å². The first-order valence-electron chi connectivity index (χ1n) is 9.63. The molecule has 0 saturated carbocycles. The Kier molecular flexibility index (Phi) is 12.6. The number of hydrogen-bond donors (Lipinski definition) is 0. The lowest BCUT2D eigenvalue weighted by molar-refractivity contribution is -0.146. The van der Waals surface area contributed by atoms with Gasteiger partial charge in [-0.3, -0.25) is 4.79 Å². The van der Waals surface area contributed by atoms with Crippen LogP contribution in [0.5, 0.6) is 0 Å². The van der Waals surface area contributed by atoms with E-state index in [-0.39, 0.29) is 12.1 Å². The van der Waals surface area contributed by atoms with Crippen LogP contribution in [0.15, 0.2) is 35.2 Å². The second-order valence-corrected chi connectivity index (χ2v) is 7.43. The summed E-state index contributed by atoms with van der Waals surface area (Å²) in [6.07, 6.45) is 12.6. The van der Waals surface area contributed by atoms with Crippen molar-refractivity contribution in [3.63, 3.8) is 0 Å². The third-order valence-electron chi connectivity index (χ3n) is 4.23. The number of hydrogen-bond acceptors (Lipinski definition) is 3. The fraction of sp³-hybridized carbons (Fsp3) is 0.667. The lowest BCUT2D eigenvalue weighted by Gasteiger charge is -2.16. The summed E-state index contributed by atoms with van der Waals surface area (Å²) in [6, 6.07) is 10.0. The Labute approximate surface area is 152 Å². The van der Waals surface area contributed by atoms with Gasteiger partial charge in [0.1, 0.15) is 6.10 Å². The molecule has 0 amide bonds. The molecule has 0 aromatic heterocycles. The number of rotatable bonds is 14. The van der Waals surface area contributed by atoms with Gasteiger partial charge < -0.3 is 4.74 Å². The first kappa shape index (κ1) is 21.1. The minimum absolute atomic E-state index is 0.0877. The maximum atomic E-state index is 12.0. The summed E-state index contributed by atoms with van der Waals surface area (Å²) in [7, 11) is 0. The molecule has 0 saturated heterocycles. The van der Waals surface area contributed by atoms with Gasteiger partial charge in [-0.25, -0.2) is 0 Å². The summed E-state index contributed by atoms with van der Waals surface area (Å²) >= 11 is 1.55. The van der Waals surface area contributed by atoms with E-state index in [1.54, 1.807) is 11.8 Å². The zero-order chi connectivity index (χ0) is 17.5. The molecule has 0 bridgehead atoms. The Bertz CT molecular complexity index is 419. The van der Waals surface area contributed by atoms with E-state index < -0.39 is 0 Å². The molecule has 0 N–H and O–H groups in total. The van der Waals surface area contributed by atoms with E-state index in [1.807, 2.05) is 30.3 Å². The molecule has 2 nitrogen and oxygen atoms in total. The lowest BCUT2D eigenvalue weighted by Crippen LogP contribution is -2.18. The molecule has 0 aliphatic heterocycles. The van der Waals surface area contributed by atoms with Gasteiger partial charge in [-0.2, -0.15) is 0 Å². The van der Waals surface area contributed by atoms with Gasteiger partial charge in [-0.05, 0) is 31.4 Å². The Balaban J connectivity index is 2.07. The topological polar surface area (TPSA) is 26.3 Å². The molecule has 0 heterocycles. The average Bonchev–Trinajstić information content (AvgIpc) is 2.62. The largest absolute Gasteiger partial charge is 0.462 e. The molecule has 1 rings (SSSR count). The van der Waals surface area contributed by atoms with Crippen molar-refractivity contribution in [1.82, 2.24) is 0 Å².